The van der Waals surface area contributed by atoms with E-state index in [4.69, 9.17) is 9.15 Å². The highest BCUT2D eigenvalue weighted by Crippen LogP contribution is 2.23. The third-order valence-corrected chi connectivity index (χ3v) is 5.22. The molecule has 142 valence electrons. The van der Waals surface area contributed by atoms with Crippen LogP contribution >= 0.6 is 0 Å². The van der Waals surface area contributed by atoms with Crippen LogP contribution in [-0.4, -0.2) is 6.61 Å². The normalized spacial score (nSPS) is 13.9. The highest BCUT2D eigenvalue weighted by Gasteiger charge is 2.08. The van der Waals surface area contributed by atoms with Gasteiger partial charge in [0, 0.05) is 11.8 Å². The van der Waals surface area contributed by atoms with Crippen LogP contribution in [0.3, 0.4) is 0 Å². The first-order valence-electron chi connectivity index (χ1n) is 10.1. The molecule has 0 fully saturated rings. The SMILES string of the molecule is c1ccc2c(c1)CCCC2.c1ccc2c(c1)CCO2.c1ccc2occc2c1. The first-order chi connectivity index (χ1) is 13.9. The molecule has 28 heavy (non-hydrogen) atoms. The van der Waals surface area contributed by atoms with Gasteiger partial charge in [-0.1, -0.05) is 60.7 Å². The summed E-state index contributed by atoms with van der Waals surface area (Å²) in [6, 6.07) is 26.9. The van der Waals surface area contributed by atoms with E-state index in [0.717, 1.165) is 29.7 Å². The van der Waals surface area contributed by atoms with Crippen LogP contribution in [0.5, 0.6) is 5.75 Å². The Bertz CT molecular complexity index is 937. The minimum absolute atomic E-state index is 0.860. The molecule has 2 aliphatic rings. The van der Waals surface area contributed by atoms with Gasteiger partial charge >= 0.3 is 0 Å². The van der Waals surface area contributed by atoms with Crippen LogP contribution in [0.1, 0.15) is 29.5 Å². The molecule has 0 bridgehead atoms. The molecule has 1 aromatic heterocycles. The summed E-state index contributed by atoms with van der Waals surface area (Å²) in [4.78, 5) is 0. The van der Waals surface area contributed by atoms with Gasteiger partial charge in [0.05, 0.1) is 12.9 Å². The van der Waals surface area contributed by atoms with Gasteiger partial charge in [-0.25, -0.2) is 0 Å². The van der Waals surface area contributed by atoms with E-state index in [1.165, 1.54) is 31.2 Å². The topological polar surface area (TPSA) is 22.4 Å². The second-order valence-electron chi connectivity index (χ2n) is 7.14. The summed E-state index contributed by atoms with van der Waals surface area (Å²) in [7, 11) is 0. The van der Waals surface area contributed by atoms with E-state index in [9.17, 15) is 0 Å². The van der Waals surface area contributed by atoms with Crippen molar-refractivity contribution >= 4 is 11.0 Å². The Morgan fingerprint density at radius 2 is 1.21 bits per heavy atom. The summed E-state index contributed by atoms with van der Waals surface area (Å²) in [5.41, 5.74) is 5.46. The fourth-order valence-corrected chi connectivity index (χ4v) is 3.70. The van der Waals surface area contributed by atoms with E-state index in [1.54, 1.807) is 17.4 Å². The zero-order valence-corrected chi connectivity index (χ0v) is 16.1. The van der Waals surface area contributed by atoms with Gasteiger partial charge in [-0.3, -0.25) is 0 Å². The van der Waals surface area contributed by atoms with Crippen molar-refractivity contribution in [1.29, 1.82) is 0 Å². The number of aryl methyl sites for hydroxylation is 2. The van der Waals surface area contributed by atoms with E-state index in [0.29, 0.717) is 0 Å². The van der Waals surface area contributed by atoms with Crippen molar-refractivity contribution in [3.8, 4) is 5.75 Å². The molecular formula is C26H26O2. The van der Waals surface area contributed by atoms with Crippen molar-refractivity contribution in [1.82, 2.24) is 0 Å². The lowest BCUT2D eigenvalue weighted by molar-refractivity contribution is 0.357. The summed E-state index contributed by atoms with van der Waals surface area (Å²) in [5.74, 6) is 1.07. The number of fused-ring (bicyclic) bond motifs is 3. The van der Waals surface area contributed by atoms with Gasteiger partial charge in [0.2, 0.25) is 0 Å². The first kappa shape index (κ1) is 18.4. The number of hydrogen-bond donors (Lipinski definition) is 0. The summed E-state index contributed by atoms with van der Waals surface area (Å²) in [5, 5.41) is 1.16. The number of ether oxygens (including phenoxy) is 1. The van der Waals surface area contributed by atoms with Crippen molar-refractivity contribution < 1.29 is 9.15 Å². The smallest absolute Gasteiger partial charge is 0.133 e. The summed E-state index contributed by atoms with van der Waals surface area (Å²) in [6.45, 7) is 0.860. The fraction of sp³-hybridized carbons (Fsp3) is 0.231. The van der Waals surface area contributed by atoms with Gasteiger partial charge in [-0.15, -0.1) is 0 Å². The number of hydrogen-bond acceptors (Lipinski definition) is 2. The molecule has 0 N–H and O–H groups in total. The minimum Gasteiger partial charge on any atom is -0.493 e. The molecule has 0 atom stereocenters. The maximum atomic E-state index is 5.30. The molecule has 2 heterocycles. The third-order valence-electron chi connectivity index (χ3n) is 5.22. The van der Waals surface area contributed by atoms with Crippen LogP contribution < -0.4 is 4.74 Å². The summed E-state index contributed by atoms with van der Waals surface area (Å²) >= 11 is 0. The van der Waals surface area contributed by atoms with Crippen molar-refractivity contribution in [2.45, 2.75) is 32.1 Å². The number of benzene rings is 3. The standard InChI is InChI=1S/C10H12.C8H8O.C8H6O/c1-2-6-10-8-4-3-7-9(10)5-1;2*1-2-4-8-7(3-1)5-6-9-8/h1-2,5-6H,3-4,7-8H2;1-4H,5-6H2;1-6H. The number of para-hydroxylation sites is 2. The predicted octanol–water partition coefficient (Wildman–Crippen LogP) is 6.62. The largest absolute Gasteiger partial charge is 0.493 e. The molecule has 3 aromatic carbocycles. The molecule has 6 rings (SSSR count). The van der Waals surface area contributed by atoms with E-state index >= 15 is 0 Å². The minimum atomic E-state index is 0.860. The average molecular weight is 370 g/mol. The lowest BCUT2D eigenvalue weighted by atomic mass is 9.92. The van der Waals surface area contributed by atoms with Crippen molar-refractivity contribution in [3.05, 3.63) is 102 Å². The molecule has 2 nitrogen and oxygen atoms in total. The van der Waals surface area contributed by atoms with Gasteiger partial charge in [0.1, 0.15) is 11.3 Å². The van der Waals surface area contributed by atoms with E-state index in [1.807, 2.05) is 48.5 Å². The molecule has 2 heteroatoms. The molecule has 0 amide bonds. The molecular weight excluding hydrogens is 344 g/mol. The quantitative estimate of drug-likeness (QED) is 0.347. The Hall–Kier alpha value is -3.00. The van der Waals surface area contributed by atoms with Crippen molar-refractivity contribution in [2.75, 3.05) is 6.61 Å². The van der Waals surface area contributed by atoms with Crippen LogP contribution in [0.4, 0.5) is 0 Å². The summed E-state index contributed by atoms with van der Waals surface area (Å²) in [6.07, 6.45) is 8.15. The second-order valence-corrected chi connectivity index (χ2v) is 7.14. The molecule has 1 aliphatic carbocycles. The van der Waals surface area contributed by atoms with Crippen molar-refractivity contribution in [3.63, 3.8) is 0 Å². The summed E-state index contributed by atoms with van der Waals surface area (Å²) < 4.78 is 10.4. The Balaban J connectivity index is 0.000000103. The molecule has 0 spiro atoms. The number of furan rings is 1. The van der Waals surface area contributed by atoms with Gasteiger partial charge in [0.15, 0.2) is 0 Å². The molecule has 1 aliphatic heterocycles. The van der Waals surface area contributed by atoms with Gasteiger partial charge in [0.25, 0.3) is 0 Å². The molecule has 0 radical (unpaired) electrons. The van der Waals surface area contributed by atoms with Gasteiger partial charge in [-0.05, 0) is 60.6 Å². The Morgan fingerprint density at radius 1 is 0.571 bits per heavy atom. The maximum Gasteiger partial charge on any atom is 0.133 e. The molecule has 0 saturated carbocycles. The van der Waals surface area contributed by atoms with E-state index < -0.39 is 0 Å². The highest BCUT2D eigenvalue weighted by molar-refractivity contribution is 5.76. The van der Waals surface area contributed by atoms with Crippen molar-refractivity contribution in [2.24, 2.45) is 0 Å². The lowest BCUT2D eigenvalue weighted by Crippen LogP contribution is -2.00. The van der Waals surface area contributed by atoms with Crippen LogP contribution in [0.15, 0.2) is 89.5 Å². The third kappa shape index (κ3) is 4.64. The fourth-order valence-electron chi connectivity index (χ4n) is 3.70. The molecule has 0 unspecified atom stereocenters. The first-order valence-corrected chi connectivity index (χ1v) is 10.1. The van der Waals surface area contributed by atoms with Crippen LogP contribution in [0.25, 0.3) is 11.0 Å². The average Bonchev–Trinajstić information content (AvgIpc) is 3.44. The highest BCUT2D eigenvalue weighted by atomic mass is 16.5. The lowest BCUT2D eigenvalue weighted by Gasteiger charge is -2.13. The molecule has 4 aromatic rings. The Morgan fingerprint density at radius 3 is 1.93 bits per heavy atom. The van der Waals surface area contributed by atoms with Crippen LogP contribution in [0, 0.1) is 0 Å². The zero-order valence-electron chi connectivity index (χ0n) is 16.1. The number of rotatable bonds is 0. The monoisotopic (exact) mass is 370 g/mol. The van der Waals surface area contributed by atoms with Gasteiger partial charge < -0.3 is 9.15 Å². The predicted molar refractivity (Wildman–Crippen MR) is 115 cm³/mol. The Labute approximate surface area is 166 Å². The van der Waals surface area contributed by atoms with Crippen LogP contribution in [0.2, 0.25) is 0 Å². The van der Waals surface area contributed by atoms with Gasteiger partial charge in [-0.2, -0.15) is 0 Å². The maximum absolute atomic E-state index is 5.30. The molecule has 0 saturated heterocycles. The zero-order chi connectivity index (χ0) is 19.0. The van der Waals surface area contributed by atoms with E-state index in [2.05, 4.69) is 30.3 Å². The second kappa shape index (κ2) is 9.27. The Kier molecular flexibility index (Phi) is 6.08. The van der Waals surface area contributed by atoms with Crippen LogP contribution in [-0.2, 0) is 19.3 Å². The van der Waals surface area contributed by atoms with E-state index in [-0.39, 0.29) is 0 Å².